The minimum absolute atomic E-state index is 0.215. The van der Waals surface area contributed by atoms with E-state index in [1.807, 2.05) is 50.2 Å². The summed E-state index contributed by atoms with van der Waals surface area (Å²) in [6, 6.07) is 0. The molecule has 0 aromatic rings. The maximum atomic E-state index is 7.08. The van der Waals surface area contributed by atoms with E-state index in [-0.39, 0.29) is 32.8 Å². The molecule has 0 aromatic heterocycles. The Bertz CT molecular complexity index is 93.6. The quantitative estimate of drug-likeness (QED) is 0.466. The van der Waals surface area contributed by atoms with Crippen molar-refractivity contribution in [2.75, 3.05) is 0 Å². The van der Waals surface area contributed by atoms with E-state index in [9.17, 15) is 0 Å². The Morgan fingerprint density at radius 3 is 0.688 bits per heavy atom. The molecule has 2 radical (unpaired) electrons. The molecule has 0 spiro atoms. The predicted molar refractivity (Wildman–Crippen MR) is 90.3 cm³/mol. The van der Waals surface area contributed by atoms with Gasteiger partial charge in [0.15, 0.2) is 0 Å². The summed E-state index contributed by atoms with van der Waals surface area (Å²) >= 11 is -0.431. The van der Waals surface area contributed by atoms with E-state index in [1.54, 1.807) is 0 Å². The molecule has 0 bridgehead atoms. The molecule has 0 rings (SSSR count). The van der Waals surface area contributed by atoms with Crippen molar-refractivity contribution in [3.63, 3.8) is 0 Å². The van der Waals surface area contributed by atoms with Crippen molar-refractivity contribution < 1.29 is 0 Å². The average Bonchev–Trinajstić information content (AvgIpc) is 1.79. The molecule has 0 aromatic carbocycles. The van der Waals surface area contributed by atoms with Gasteiger partial charge >= 0.3 is 63.0 Å². The molecule has 0 atom stereocenters. The predicted octanol–water partition coefficient (Wildman–Crippen LogP) is 5.53. The Morgan fingerprint density at radius 2 is 0.688 bits per heavy atom. The molecular formula is C8H26Cl2Ga2N2Si2-2. The van der Waals surface area contributed by atoms with Gasteiger partial charge in [-0.3, -0.25) is 0 Å². The van der Waals surface area contributed by atoms with Crippen LogP contribution in [0, 0.1) is 0 Å². The normalized spacial score (nSPS) is 9.25. The molecule has 8 heteroatoms. The molecule has 0 unspecified atom stereocenters. The minimum atomic E-state index is -1.36. The molecular weight excluding hydrogens is 391 g/mol. The summed E-state index contributed by atoms with van der Waals surface area (Å²) in [5.41, 5.74) is 4.09. The standard InChI is InChI=1S/2C3H10NSi.2CH3.2ClH.2Ga/c2*1-5(2,3)4;;;;;;/h2*4H,1-3H3;2*1H3;2*1H;;/q2*-1;;;;;2*+1/p-2. The SMILES string of the molecule is C[Si](C)(C)[NH-].C[Si](C)(C)[NH-].[CH3][Ga][Cl].[CH3][Ga][Cl]. The molecule has 0 fully saturated rings. The fourth-order valence-electron chi connectivity index (χ4n) is 0. The Balaban J connectivity index is -0.0000000621. The van der Waals surface area contributed by atoms with E-state index in [0.29, 0.717) is 0 Å². The molecule has 0 aliphatic carbocycles. The second-order valence-electron chi connectivity index (χ2n) is 4.94. The maximum absolute atomic E-state index is 7.08. The summed E-state index contributed by atoms with van der Waals surface area (Å²) in [6.07, 6.45) is 0. The van der Waals surface area contributed by atoms with Crippen molar-refractivity contribution in [2.45, 2.75) is 50.2 Å². The molecule has 0 amide bonds. The Morgan fingerprint density at radius 1 is 0.688 bits per heavy atom. The molecule has 0 saturated heterocycles. The summed E-state index contributed by atoms with van der Waals surface area (Å²) in [4.78, 5) is 0. The molecule has 0 aliphatic rings. The number of hydrogen-bond acceptors (Lipinski definition) is 0. The van der Waals surface area contributed by atoms with Gasteiger partial charge in [0.2, 0.25) is 0 Å². The van der Waals surface area contributed by atoms with E-state index in [4.69, 9.17) is 30.1 Å². The van der Waals surface area contributed by atoms with Crippen LogP contribution in [0.15, 0.2) is 0 Å². The molecule has 2 nitrogen and oxygen atoms in total. The third-order valence-corrected chi connectivity index (χ3v) is 0. The van der Waals surface area contributed by atoms with Crippen molar-refractivity contribution in [1.82, 2.24) is 0 Å². The van der Waals surface area contributed by atoms with Crippen molar-refractivity contribution in [1.29, 1.82) is 0 Å². The van der Waals surface area contributed by atoms with Crippen molar-refractivity contribution in [2.24, 2.45) is 0 Å². The molecule has 98 valence electrons. The fraction of sp³-hybridized carbons (Fsp3) is 1.00. The van der Waals surface area contributed by atoms with Crippen LogP contribution < -0.4 is 0 Å². The Hall–Kier alpha value is 2.21. The van der Waals surface area contributed by atoms with Crippen LogP contribution >= 0.6 is 19.3 Å². The first-order chi connectivity index (χ1) is 6.83. The zero-order valence-corrected chi connectivity index (χ0v) is 20.3. The van der Waals surface area contributed by atoms with E-state index in [0.717, 1.165) is 0 Å². The molecule has 2 N–H and O–H groups in total. The summed E-state index contributed by atoms with van der Waals surface area (Å²) in [6.45, 7) is 12.0. The van der Waals surface area contributed by atoms with Crippen molar-refractivity contribution >= 4 is 68.6 Å². The summed E-state index contributed by atoms with van der Waals surface area (Å²) in [5.74, 6) is 0. The van der Waals surface area contributed by atoms with Crippen molar-refractivity contribution in [3.05, 3.63) is 10.8 Å². The third kappa shape index (κ3) is 770. The van der Waals surface area contributed by atoms with E-state index < -0.39 is 16.5 Å². The van der Waals surface area contributed by atoms with Gasteiger partial charge < -0.3 is 10.8 Å². The van der Waals surface area contributed by atoms with Crippen LogP contribution in [0.25, 0.3) is 10.8 Å². The van der Waals surface area contributed by atoms with E-state index >= 15 is 0 Å². The van der Waals surface area contributed by atoms with Gasteiger partial charge in [0.05, 0.1) is 0 Å². The number of halogens is 2. The van der Waals surface area contributed by atoms with Gasteiger partial charge in [-0.25, -0.2) is 0 Å². The topological polar surface area (TPSA) is 47.6 Å². The van der Waals surface area contributed by atoms with Crippen LogP contribution in [0.5, 0.6) is 0 Å². The Labute approximate surface area is 128 Å². The summed E-state index contributed by atoms with van der Waals surface area (Å²) in [7, 11) is 7.59. The Kier molecular flexibility index (Phi) is 28.7. The number of nitrogens with one attached hydrogen (secondary N) is 2. The number of hydrogen-bond donors (Lipinski definition) is 0. The van der Waals surface area contributed by atoms with Crippen molar-refractivity contribution in [3.8, 4) is 0 Å². The fourth-order valence-corrected chi connectivity index (χ4v) is 0. The van der Waals surface area contributed by atoms with Gasteiger partial charge in [0.1, 0.15) is 0 Å². The first-order valence-corrected chi connectivity index (χ1v) is 23.3. The first-order valence-electron chi connectivity index (χ1n) is 5.09. The second-order valence-corrected chi connectivity index (χ2v) is 20.3. The number of rotatable bonds is 0. The molecule has 0 heterocycles. The summed E-state index contributed by atoms with van der Waals surface area (Å²) < 4.78 is 0. The second kappa shape index (κ2) is 17.2. The van der Waals surface area contributed by atoms with Gasteiger partial charge in [-0.05, 0) is 0 Å². The molecule has 0 saturated carbocycles. The average molecular weight is 417 g/mol. The van der Waals surface area contributed by atoms with Gasteiger partial charge in [-0.1, -0.05) is 55.8 Å². The van der Waals surface area contributed by atoms with Crippen LogP contribution in [-0.4, -0.2) is 49.3 Å². The zero-order chi connectivity index (χ0) is 14.4. The van der Waals surface area contributed by atoms with Gasteiger partial charge in [-0.15, -0.1) is 0 Å². The molecule has 0 aliphatic heterocycles. The van der Waals surface area contributed by atoms with E-state index in [1.165, 1.54) is 0 Å². The van der Waals surface area contributed by atoms with Gasteiger partial charge in [0, 0.05) is 0 Å². The van der Waals surface area contributed by atoms with E-state index in [2.05, 4.69) is 0 Å². The van der Waals surface area contributed by atoms with Crippen LogP contribution in [0.3, 0.4) is 0 Å². The van der Waals surface area contributed by atoms with Crippen LogP contribution in [0.2, 0.25) is 50.2 Å². The van der Waals surface area contributed by atoms with Crippen LogP contribution in [0.1, 0.15) is 0 Å². The van der Waals surface area contributed by atoms with Crippen LogP contribution in [0.4, 0.5) is 0 Å². The molecule has 16 heavy (non-hydrogen) atoms. The first kappa shape index (κ1) is 26.7. The van der Waals surface area contributed by atoms with Crippen LogP contribution in [-0.2, 0) is 0 Å². The zero-order valence-electron chi connectivity index (χ0n) is 11.9. The monoisotopic (exact) mass is 414 g/mol. The van der Waals surface area contributed by atoms with Gasteiger partial charge in [0.25, 0.3) is 0 Å². The van der Waals surface area contributed by atoms with Gasteiger partial charge in [-0.2, -0.15) is 0 Å². The summed E-state index contributed by atoms with van der Waals surface area (Å²) in [5, 5.41) is 14.2. The third-order valence-electron chi connectivity index (χ3n) is 0.